The van der Waals surface area contributed by atoms with Gasteiger partial charge in [0.05, 0.1) is 19.3 Å². The molecule has 0 bridgehead atoms. The normalized spacial score (nSPS) is 10.2. The molecule has 0 saturated heterocycles. The molecule has 1 heterocycles. The Labute approximate surface area is 115 Å². The lowest BCUT2D eigenvalue weighted by Gasteiger charge is -2.11. The Morgan fingerprint density at radius 2 is 2.00 bits per heavy atom. The lowest BCUT2D eigenvalue weighted by atomic mass is 10.3. The minimum Gasteiger partial charge on any atom is -0.490 e. The van der Waals surface area contributed by atoms with Crippen molar-refractivity contribution in [2.75, 3.05) is 13.2 Å². The van der Waals surface area contributed by atoms with Crippen LogP contribution in [0.5, 0.6) is 11.5 Å². The van der Waals surface area contributed by atoms with Crippen LogP contribution in [0.3, 0.4) is 0 Å². The van der Waals surface area contributed by atoms with Crippen LogP contribution >= 0.6 is 0 Å². The van der Waals surface area contributed by atoms with Gasteiger partial charge in [0.15, 0.2) is 17.2 Å². The third-order valence-corrected chi connectivity index (χ3v) is 2.48. The van der Waals surface area contributed by atoms with E-state index in [9.17, 15) is 4.79 Å². The van der Waals surface area contributed by atoms with E-state index in [1.165, 1.54) is 10.9 Å². The fourth-order valence-corrected chi connectivity index (χ4v) is 1.60. The van der Waals surface area contributed by atoms with Crippen molar-refractivity contribution in [3.63, 3.8) is 0 Å². The molecule has 0 spiro atoms. The molecule has 1 aromatic heterocycles. The molecule has 106 valence electrons. The van der Waals surface area contributed by atoms with E-state index in [2.05, 4.69) is 10.3 Å². The molecule has 0 unspecified atom stereocenters. The molecular formula is C13H15N3O4. The second-order valence-electron chi connectivity index (χ2n) is 3.90. The number of hydrogen-bond acceptors (Lipinski definition) is 5. The number of para-hydroxylation sites is 2. The zero-order chi connectivity index (χ0) is 14.4. The molecule has 0 saturated carbocycles. The third-order valence-electron chi connectivity index (χ3n) is 2.48. The zero-order valence-electron chi connectivity index (χ0n) is 11.0. The number of benzene rings is 1. The molecule has 2 rings (SSSR count). The maximum absolute atomic E-state index is 10.7. The summed E-state index contributed by atoms with van der Waals surface area (Å²) in [5.74, 6) is 0.228. The van der Waals surface area contributed by atoms with Gasteiger partial charge in [0.2, 0.25) is 0 Å². The molecule has 0 aliphatic carbocycles. The van der Waals surface area contributed by atoms with Crippen LogP contribution in [-0.2, 0) is 6.54 Å². The smallest absolute Gasteiger partial charge is 0.358 e. The Bertz CT molecular complexity index is 583. The summed E-state index contributed by atoms with van der Waals surface area (Å²) in [4.78, 5) is 10.7. The van der Waals surface area contributed by atoms with Crippen molar-refractivity contribution < 1.29 is 19.4 Å². The molecule has 0 aliphatic heterocycles. The second kappa shape index (κ2) is 6.55. The van der Waals surface area contributed by atoms with Gasteiger partial charge >= 0.3 is 5.97 Å². The van der Waals surface area contributed by atoms with E-state index < -0.39 is 5.97 Å². The summed E-state index contributed by atoms with van der Waals surface area (Å²) in [6.45, 7) is 3.21. The number of carbonyl (C=O) groups is 1. The summed E-state index contributed by atoms with van der Waals surface area (Å²) >= 11 is 0. The summed E-state index contributed by atoms with van der Waals surface area (Å²) in [6.07, 6.45) is 1.36. The van der Waals surface area contributed by atoms with Gasteiger partial charge in [0.25, 0.3) is 0 Å². The maximum Gasteiger partial charge on any atom is 0.358 e. The van der Waals surface area contributed by atoms with Gasteiger partial charge < -0.3 is 14.6 Å². The molecule has 1 aromatic carbocycles. The van der Waals surface area contributed by atoms with E-state index in [1.54, 1.807) is 0 Å². The fraction of sp³-hybridized carbons (Fsp3) is 0.308. The Kier molecular flexibility index (Phi) is 4.54. The fourth-order valence-electron chi connectivity index (χ4n) is 1.60. The van der Waals surface area contributed by atoms with Crippen LogP contribution in [0.2, 0.25) is 0 Å². The van der Waals surface area contributed by atoms with Gasteiger partial charge in [0.1, 0.15) is 6.61 Å². The minimum atomic E-state index is -1.10. The largest absolute Gasteiger partial charge is 0.490 e. The van der Waals surface area contributed by atoms with Crippen molar-refractivity contribution in [2.24, 2.45) is 0 Å². The quantitative estimate of drug-likeness (QED) is 0.824. The number of ether oxygens (including phenoxy) is 2. The molecule has 2 aromatic rings. The highest BCUT2D eigenvalue weighted by Crippen LogP contribution is 2.26. The third kappa shape index (κ3) is 3.47. The first-order chi connectivity index (χ1) is 9.70. The topological polar surface area (TPSA) is 86.5 Å². The highest BCUT2D eigenvalue weighted by atomic mass is 16.5. The van der Waals surface area contributed by atoms with Crippen molar-refractivity contribution in [3.8, 4) is 11.5 Å². The summed E-state index contributed by atoms with van der Waals surface area (Å²) in [6, 6.07) is 7.37. The van der Waals surface area contributed by atoms with Gasteiger partial charge in [-0.05, 0) is 19.1 Å². The van der Waals surface area contributed by atoms with Crippen molar-refractivity contribution in [2.45, 2.75) is 13.5 Å². The van der Waals surface area contributed by atoms with E-state index >= 15 is 0 Å². The van der Waals surface area contributed by atoms with E-state index in [1.807, 2.05) is 31.2 Å². The SMILES string of the molecule is CCOc1ccccc1OCCn1cc(C(=O)O)nn1. The number of aromatic nitrogens is 3. The first kappa shape index (κ1) is 13.9. The number of nitrogens with zero attached hydrogens (tertiary/aromatic N) is 3. The van der Waals surface area contributed by atoms with Gasteiger partial charge in [-0.2, -0.15) is 0 Å². The van der Waals surface area contributed by atoms with Gasteiger partial charge in [-0.1, -0.05) is 17.3 Å². The van der Waals surface area contributed by atoms with E-state index in [0.717, 1.165) is 0 Å². The minimum absolute atomic E-state index is 0.0836. The van der Waals surface area contributed by atoms with E-state index in [0.29, 0.717) is 31.3 Å². The van der Waals surface area contributed by atoms with Gasteiger partial charge in [0, 0.05) is 0 Å². The molecule has 1 N–H and O–H groups in total. The molecule has 0 fully saturated rings. The number of carboxylic acid groups (broad SMARTS) is 1. The van der Waals surface area contributed by atoms with E-state index in [-0.39, 0.29) is 5.69 Å². The van der Waals surface area contributed by atoms with Crippen molar-refractivity contribution in [1.82, 2.24) is 15.0 Å². The predicted octanol–water partition coefficient (Wildman–Crippen LogP) is 1.45. The Morgan fingerprint density at radius 3 is 2.60 bits per heavy atom. The molecule has 7 heteroatoms. The van der Waals surface area contributed by atoms with Gasteiger partial charge in [-0.15, -0.1) is 5.10 Å². The van der Waals surface area contributed by atoms with Gasteiger partial charge in [-0.25, -0.2) is 9.48 Å². The van der Waals surface area contributed by atoms with Gasteiger partial charge in [-0.3, -0.25) is 0 Å². The lowest BCUT2D eigenvalue weighted by molar-refractivity contribution is 0.0690. The second-order valence-corrected chi connectivity index (χ2v) is 3.90. The predicted molar refractivity (Wildman–Crippen MR) is 70.1 cm³/mol. The highest BCUT2D eigenvalue weighted by Gasteiger charge is 2.08. The van der Waals surface area contributed by atoms with Crippen LogP contribution < -0.4 is 9.47 Å². The van der Waals surface area contributed by atoms with E-state index in [4.69, 9.17) is 14.6 Å². The Morgan fingerprint density at radius 1 is 1.30 bits per heavy atom. The summed E-state index contributed by atoms with van der Waals surface area (Å²) in [7, 11) is 0. The average Bonchev–Trinajstić information content (AvgIpc) is 2.90. The van der Waals surface area contributed by atoms with Crippen LogP contribution in [0.1, 0.15) is 17.4 Å². The molecular weight excluding hydrogens is 262 g/mol. The van der Waals surface area contributed by atoms with Crippen LogP contribution in [0, 0.1) is 0 Å². The first-order valence-corrected chi connectivity index (χ1v) is 6.18. The molecule has 0 amide bonds. The van der Waals surface area contributed by atoms with Crippen LogP contribution in [0.15, 0.2) is 30.5 Å². The zero-order valence-corrected chi connectivity index (χ0v) is 11.0. The van der Waals surface area contributed by atoms with Crippen LogP contribution in [0.25, 0.3) is 0 Å². The Balaban J connectivity index is 1.90. The first-order valence-electron chi connectivity index (χ1n) is 6.18. The number of carboxylic acids is 1. The Hall–Kier alpha value is -2.57. The number of rotatable bonds is 7. The van der Waals surface area contributed by atoms with Crippen LogP contribution in [0.4, 0.5) is 0 Å². The molecule has 7 nitrogen and oxygen atoms in total. The van der Waals surface area contributed by atoms with Crippen molar-refractivity contribution in [3.05, 3.63) is 36.2 Å². The van der Waals surface area contributed by atoms with Crippen molar-refractivity contribution in [1.29, 1.82) is 0 Å². The molecule has 0 atom stereocenters. The average molecular weight is 277 g/mol. The lowest BCUT2D eigenvalue weighted by Crippen LogP contribution is -2.09. The summed E-state index contributed by atoms with van der Waals surface area (Å²) in [5, 5.41) is 16.0. The maximum atomic E-state index is 10.7. The molecule has 20 heavy (non-hydrogen) atoms. The molecule has 0 radical (unpaired) electrons. The van der Waals surface area contributed by atoms with Crippen LogP contribution in [-0.4, -0.2) is 39.3 Å². The molecule has 0 aliphatic rings. The summed E-state index contributed by atoms with van der Waals surface area (Å²) < 4.78 is 12.5. The standard InChI is InChI=1S/C13H15N3O4/c1-2-19-11-5-3-4-6-12(11)20-8-7-16-9-10(13(17)18)14-15-16/h3-6,9H,2,7-8H2,1H3,(H,17,18). The monoisotopic (exact) mass is 277 g/mol. The summed E-state index contributed by atoms with van der Waals surface area (Å²) in [5.41, 5.74) is -0.0836. The van der Waals surface area contributed by atoms with Crippen molar-refractivity contribution >= 4 is 5.97 Å². The number of aromatic carboxylic acids is 1. The number of hydrogen-bond donors (Lipinski definition) is 1. The highest BCUT2D eigenvalue weighted by molar-refractivity contribution is 5.84.